The van der Waals surface area contributed by atoms with E-state index in [1.54, 1.807) is 0 Å². The number of rotatable bonds is 3. The lowest BCUT2D eigenvalue weighted by Crippen LogP contribution is -1.97. The second kappa shape index (κ2) is 5.50. The molecule has 0 unspecified atom stereocenters. The van der Waals surface area contributed by atoms with E-state index in [2.05, 4.69) is 20.9 Å². The monoisotopic (exact) mass is 346 g/mol. The van der Waals surface area contributed by atoms with Gasteiger partial charge in [0.2, 0.25) is 0 Å². The molecule has 0 radical (unpaired) electrons. The van der Waals surface area contributed by atoms with Crippen LogP contribution in [0.4, 0.5) is 10.1 Å². The molecular formula is C11H5BrClFN2O3. The number of pyridine rings is 1. The van der Waals surface area contributed by atoms with Crippen LogP contribution in [0.15, 0.2) is 34.8 Å². The number of nitrogens with zero attached hydrogens (tertiary/aromatic N) is 2. The van der Waals surface area contributed by atoms with Crippen molar-refractivity contribution in [3.05, 3.63) is 55.9 Å². The van der Waals surface area contributed by atoms with E-state index >= 15 is 0 Å². The SMILES string of the molecule is O=[N+]([O-])c1ccc(Cl)nc1Oc1cc(Br)ccc1F. The van der Waals surface area contributed by atoms with Crippen LogP contribution in [0.1, 0.15) is 0 Å². The number of hydrogen-bond donors (Lipinski definition) is 0. The summed E-state index contributed by atoms with van der Waals surface area (Å²) in [4.78, 5) is 13.8. The van der Waals surface area contributed by atoms with E-state index in [4.69, 9.17) is 16.3 Å². The molecule has 2 aromatic rings. The van der Waals surface area contributed by atoms with Gasteiger partial charge in [-0.15, -0.1) is 0 Å². The van der Waals surface area contributed by atoms with Crippen LogP contribution in [0.2, 0.25) is 5.15 Å². The van der Waals surface area contributed by atoms with Gasteiger partial charge in [0, 0.05) is 10.5 Å². The molecule has 0 spiro atoms. The first-order valence-corrected chi connectivity index (χ1v) is 6.08. The molecular weight excluding hydrogens is 342 g/mol. The quantitative estimate of drug-likeness (QED) is 0.471. The molecule has 2 rings (SSSR count). The van der Waals surface area contributed by atoms with Gasteiger partial charge < -0.3 is 4.74 Å². The Morgan fingerprint density at radius 2 is 2.11 bits per heavy atom. The molecule has 0 saturated carbocycles. The summed E-state index contributed by atoms with van der Waals surface area (Å²) in [5.74, 6) is -1.22. The number of halogens is 3. The molecule has 1 aromatic heterocycles. The molecule has 0 aliphatic rings. The Balaban J connectivity index is 2.45. The summed E-state index contributed by atoms with van der Waals surface area (Å²) in [6, 6.07) is 6.36. The molecule has 98 valence electrons. The molecule has 0 fully saturated rings. The summed E-state index contributed by atoms with van der Waals surface area (Å²) in [6.45, 7) is 0. The van der Waals surface area contributed by atoms with Gasteiger partial charge in [0.05, 0.1) is 4.92 Å². The van der Waals surface area contributed by atoms with Crippen LogP contribution in [-0.2, 0) is 0 Å². The average Bonchev–Trinajstić information content (AvgIpc) is 2.33. The molecule has 19 heavy (non-hydrogen) atoms. The Labute approximate surface area is 120 Å². The minimum absolute atomic E-state index is 0.0102. The Bertz CT molecular complexity index is 654. The Kier molecular flexibility index (Phi) is 3.96. The van der Waals surface area contributed by atoms with E-state index in [1.165, 1.54) is 18.2 Å². The molecule has 0 amide bonds. The third kappa shape index (κ3) is 3.18. The van der Waals surface area contributed by atoms with E-state index in [1.807, 2.05) is 0 Å². The maximum absolute atomic E-state index is 13.5. The molecule has 0 N–H and O–H groups in total. The van der Waals surface area contributed by atoms with E-state index in [-0.39, 0.29) is 16.8 Å². The van der Waals surface area contributed by atoms with Crippen LogP contribution < -0.4 is 4.74 Å². The second-order valence-corrected chi connectivity index (χ2v) is 4.70. The Hall–Kier alpha value is -1.73. The van der Waals surface area contributed by atoms with E-state index in [0.29, 0.717) is 4.47 Å². The highest BCUT2D eigenvalue weighted by atomic mass is 79.9. The largest absolute Gasteiger partial charge is 0.430 e. The molecule has 0 atom stereocenters. The molecule has 0 aliphatic heterocycles. The average molecular weight is 348 g/mol. The minimum Gasteiger partial charge on any atom is -0.430 e. The highest BCUT2D eigenvalue weighted by molar-refractivity contribution is 9.10. The smallest absolute Gasteiger partial charge is 0.331 e. The molecule has 0 bridgehead atoms. The van der Waals surface area contributed by atoms with Crippen LogP contribution in [-0.4, -0.2) is 9.91 Å². The number of hydrogen-bond acceptors (Lipinski definition) is 4. The predicted octanol–water partition coefficient (Wildman–Crippen LogP) is 4.34. The zero-order valence-corrected chi connectivity index (χ0v) is 11.5. The first-order chi connectivity index (χ1) is 8.97. The van der Waals surface area contributed by atoms with Crippen LogP contribution in [0, 0.1) is 15.9 Å². The first-order valence-electron chi connectivity index (χ1n) is 4.91. The summed E-state index contributed by atoms with van der Waals surface area (Å²) < 4.78 is 19.2. The normalized spacial score (nSPS) is 10.3. The van der Waals surface area contributed by atoms with Crippen molar-refractivity contribution in [1.29, 1.82) is 0 Å². The first kappa shape index (κ1) is 13.7. The van der Waals surface area contributed by atoms with Crippen molar-refractivity contribution in [2.75, 3.05) is 0 Å². The molecule has 5 nitrogen and oxygen atoms in total. The van der Waals surface area contributed by atoms with Gasteiger partial charge in [-0.1, -0.05) is 27.5 Å². The van der Waals surface area contributed by atoms with Gasteiger partial charge >= 0.3 is 11.6 Å². The van der Waals surface area contributed by atoms with Gasteiger partial charge in [-0.05, 0) is 24.3 Å². The molecule has 0 aliphatic carbocycles. The van der Waals surface area contributed by atoms with Crippen LogP contribution in [0.3, 0.4) is 0 Å². The van der Waals surface area contributed by atoms with Crippen molar-refractivity contribution >= 4 is 33.2 Å². The van der Waals surface area contributed by atoms with Crippen molar-refractivity contribution in [2.45, 2.75) is 0 Å². The fraction of sp³-hybridized carbons (Fsp3) is 0. The summed E-state index contributed by atoms with van der Waals surface area (Å²) in [7, 11) is 0. The summed E-state index contributed by atoms with van der Waals surface area (Å²) in [5, 5.41) is 10.8. The summed E-state index contributed by atoms with van der Waals surface area (Å²) in [5.41, 5.74) is -0.399. The third-order valence-corrected chi connectivity index (χ3v) is 2.81. The molecule has 1 aromatic carbocycles. The van der Waals surface area contributed by atoms with E-state index < -0.39 is 16.4 Å². The minimum atomic E-state index is -0.686. The fourth-order valence-corrected chi connectivity index (χ4v) is 1.76. The third-order valence-electron chi connectivity index (χ3n) is 2.10. The van der Waals surface area contributed by atoms with Gasteiger partial charge in [0.15, 0.2) is 11.6 Å². The van der Waals surface area contributed by atoms with Crippen molar-refractivity contribution in [3.8, 4) is 11.6 Å². The van der Waals surface area contributed by atoms with Crippen molar-refractivity contribution in [1.82, 2.24) is 4.98 Å². The highest BCUT2D eigenvalue weighted by Crippen LogP contribution is 2.33. The lowest BCUT2D eigenvalue weighted by Gasteiger charge is -2.06. The van der Waals surface area contributed by atoms with E-state index in [0.717, 1.165) is 12.1 Å². The van der Waals surface area contributed by atoms with Gasteiger partial charge in [0.1, 0.15) is 5.15 Å². The number of benzene rings is 1. The van der Waals surface area contributed by atoms with E-state index in [9.17, 15) is 14.5 Å². The standard InChI is InChI=1S/C11H5BrClFN2O3/c12-6-1-2-7(14)9(5-6)19-11-8(16(17)18)3-4-10(13)15-11/h1-5H. The maximum Gasteiger partial charge on any atom is 0.331 e. The van der Waals surface area contributed by atoms with Crippen LogP contribution in [0.5, 0.6) is 11.6 Å². The number of aromatic nitrogens is 1. The fourth-order valence-electron chi connectivity index (χ4n) is 1.28. The van der Waals surface area contributed by atoms with Gasteiger partial charge in [-0.2, -0.15) is 4.98 Å². The highest BCUT2D eigenvalue weighted by Gasteiger charge is 2.19. The summed E-state index contributed by atoms with van der Waals surface area (Å²) >= 11 is 8.79. The van der Waals surface area contributed by atoms with Crippen LogP contribution >= 0.6 is 27.5 Å². The Morgan fingerprint density at radius 1 is 1.37 bits per heavy atom. The van der Waals surface area contributed by atoms with Gasteiger partial charge in [-0.3, -0.25) is 10.1 Å². The zero-order valence-electron chi connectivity index (χ0n) is 9.14. The second-order valence-electron chi connectivity index (χ2n) is 3.39. The topological polar surface area (TPSA) is 65.3 Å². The lowest BCUT2D eigenvalue weighted by atomic mass is 10.3. The summed E-state index contributed by atoms with van der Waals surface area (Å²) in [6.07, 6.45) is 0. The maximum atomic E-state index is 13.5. The zero-order chi connectivity index (χ0) is 14.0. The number of nitro groups is 1. The lowest BCUT2D eigenvalue weighted by molar-refractivity contribution is -0.386. The predicted molar refractivity (Wildman–Crippen MR) is 70.1 cm³/mol. The van der Waals surface area contributed by atoms with Crippen molar-refractivity contribution < 1.29 is 14.1 Å². The molecule has 1 heterocycles. The van der Waals surface area contributed by atoms with Crippen molar-refractivity contribution in [3.63, 3.8) is 0 Å². The van der Waals surface area contributed by atoms with Gasteiger partial charge in [0.25, 0.3) is 0 Å². The van der Waals surface area contributed by atoms with Crippen LogP contribution in [0.25, 0.3) is 0 Å². The molecule has 0 saturated heterocycles. The van der Waals surface area contributed by atoms with Crippen molar-refractivity contribution in [2.24, 2.45) is 0 Å². The number of ether oxygens (including phenoxy) is 1. The Morgan fingerprint density at radius 3 is 2.79 bits per heavy atom. The molecule has 8 heteroatoms. The van der Waals surface area contributed by atoms with Gasteiger partial charge in [-0.25, -0.2) is 4.39 Å².